The molecule has 5 nitrogen and oxygen atoms in total. The maximum Gasteiger partial charge on any atom is 0.261 e. The lowest BCUT2D eigenvalue weighted by Gasteiger charge is -2.11. The van der Waals surface area contributed by atoms with Gasteiger partial charge in [0.05, 0.1) is 16.1 Å². The van der Waals surface area contributed by atoms with Crippen LogP contribution in [-0.4, -0.2) is 20.6 Å². The predicted molar refractivity (Wildman–Crippen MR) is 110 cm³/mol. The van der Waals surface area contributed by atoms with Gasteiger partial charge >= 0.3 is 0 Å². The average Bonchev–Trinajstić information content (AvgIpc) is 2.69. The summed E-state index contributed by atoms with van der Waals surface area (Å²) in [6.45, 7) is 0. The quantitative estimate of drug-likeness (QED) is 0.550. The monoisotopic (exact) mass is 434 g/mol. The van der Waals surface area contributed by atoms with Crippen molar-refractivity contribution >= 4 is 39.1 Å². The van der Waals surface area contributed by atoms with E-state index in [1.165, 1.54) is 30.0 Å². The number of carbonyl (C=O) groups excluding carboxylic acids is 1. The Morgan fingerprint density at radius 1 is 0.931 bits per heavy atom. The first-order chi connectivity index (χ1) is 13.8. The van der Waals surface area contributed by atoms with Gasteiger partial charge in [0.15, 0.2) is 0 Å². The fourth-order valence-electron chi connectivity index (χ4n) is 2.50. The van der Waals surface area contributed by atoms with Crippen LogP contribution < -0.4 is 10.0 Å². The Bertz CT molecular complexity index is 1170. The molecule has 0 atom stereocenters. The fourth-order valence-corrected chi connectivity index (χ4v) is 4.02. The number of hydrogen-bond donors (Lipinski definition) is 2. The highest BCUT2D eigenvalue weighted by Gasteiger charge is 2.18. The second-order valence-corrected chi connectivity index (χ2v) is 8.48. The molecule has 3 rings (SSSR count). The average molecular weight is 434 g/mol. The molecule has 0 radical (unpaired) electrons. The van der Waals surface area contributed by atoms with Gasteiger partial charge in [0.2, 0.25) is 0 Å². The van der Waals surface area contributed by atoms with E-state index in [2.05, 4.69) is 10.0 Å². The zero-order valence-electron chi connectivity index (χ0n) is 15.1. The van der Waals surface area contributed by atoms with E-state index in [1.54, 1.807) is 18.2 Å². The van der Waals surface area contributed by atoms with E-state index in [-0.39, 0.29) is 16.1 Å². The smallest absolute Gasteiger partial charge is 0.261 e. The first-order valence-corrected chi connectivity index (χ1v) is 11.0. The Balaban J connectivity index is 1.81. The molecule has 0 bridgehead atoms. The number of hydrogen-bond acceptors (Lipinski definition) is 4. The van der Waals surface area contributed by atoms with Gasteiger partial charge in [-0.3, -0.25) is 9.52 Å². The maximum atomic E-state index is 14.4. The summed E-state index contributed by atoms with van der Waals surface area (Å²) in [6.07, 6.45) is 1.86. The number of anilines is 2. The number of halogens is 2. The first kappa shape index (κ1) is 20.8. The Hall–Kier alpha value is -2.91. The number of rotatable bonds is 6. The molecule has 0 saturated heterocycles. The Labute approximate surface area is 171 Å². The van der Waals surface area contributed by atoms with Crippen LogP contribution in [0.5, 0.6) is 0 Å². The zero-order chi connectivity index (χ0) is 21.0. The number of benzene rings is 3. The molecule has 0 heterocycles. The van der Waals surface area contributed by atoms with Crippen molar-refractivity contribution in [3.8, 4) is 0 Å². The molecule has 0 aliphatic carbocycles. The third kappa shape index (κ3) is 4.93. The van der Waals surface area contributed by atoms with E-state index in [4.69, 9.17) is 0 Å². The van der Waals surface area contributed by atoms with Crippen molar-refractivity contribution in [1.29, 1.82) is 0 Å². The highest BCUT2D eigenvalue weighted by Crippen LogP contribution is 2.24. The van der Waals surface area contributed by atoms with Gasteiger partial charge in [-0.15, -0.1) is 11.8 Å². The molecule has 0 aliphatic rings. The summed E-state index contributed by atoms with van der Waals surface area (Å²) in [6, 6.07) is 15.1. The molecular weight excluding hydrogens is 418 g/mol. The molecular formula is C20H16F2N2O3S2. The van der Waals surface area contributed by atoms with Crippen LogP contribution >= 0.6 is 11.8 Å². The first-order valence-electron chi connectivity index (χ1n) is 8.32. The number of amides is 1. The fraction of sp³-hybridized carbons (Fsp3) is 0.0500. The lowest BCUT2D eigenvalue weighted by molar-refractivity contribution is 0.102. The molecule has 3 aromatic rings. The van der Waals surface area contributed by atoms with Crippen molar-refractivity contribution in [3.63, 3.8) is 0 Å². The summed E-state index contributed by atoms with van der Waals surface area (Å²) >= 11 is 1.45. The van der Waals surface area contributed by atoms with Crippen molar-refractivity contribution in [1.82, 2.24) is 0 Å². The van der Waals surface area contributed by atoms with Crippen molar-refractivity contribution < 1.29 is 22.0 Å². The van der Waals surface area contributed by atoms with Crippen LogP contribution in [0.15, 0.2) is 76.5 Å². The van der Waals surface area contributed by atoms with Crippen LogP contribution in [0.3, 0.4) is 0 Å². The highest BCUT2D eigenvalue weighted by atomic mass is 32.2. The minimum atomic E-state index is -4.04. The summed E-state index contributed by atoms with van der Waals surface area (Å²) in [5, 5.41) is 2.24. The summed E-state index contributed by atoms with van der Waals surface area (Å²) < 4.78 is 55.5. The van der Waals surface area contributed by atoms with Crippen LogP contribution in [0.25, 0.3) is 0 Å². The van der Waals surface area contributed by atoms with Crippen LogP contribution in [0, 0.1) is 11.6 Å². The Morgan fingerprint density at radius 2 is 1.69 bits per heavy atom. The van der Waals surface area contributed by atoms with Gasteiger partial charge in [0, 0.05) is 10.6 Å². The summed E-state index contributed by atoms with van der Waals surface area (Å²) in [5.74, 6) is -2.55. The van der Waals surface area contributed by atoms with Crippen molar-refractivity contribution in [3.05, 3.63) is 83.9 Å². The molecule has 9 heteroatoms. The molecule has 0 saturated carbocycles. The number of carbonyl (C=O) groups is 1. The highest BCUT2D eigenvalue weighted by molar-refractivity contribution is 7.98. The molecule has 3 aromatic carbocycles. The second-order valence-electron chi connectivity index (χ2n) is 5.91. The van der Waals surface area contributed by atoms with Crippen LogP contribution in [0.2, 0.25) is 0 Å². The summed E-state index contributed by atoms with van der Waals surface area (Å²) in [7, 11) is -4.04. The lowest BCUT2D eigenvalue weighted by Crippen LogP contribution is -2.16. The number of sulfonamides is 1. The van der Waals surface area contributed by atoms with Gasteiger partial charge in [-0.25, -0.2) is 17.2 Å². The second kappa shape index (κ2) is 8.62. The SMILES string of the molecule is CSc1cccc(NS(=O)(=O)c2ccc(NC(=O)c3ccccc3F)c(F)c2)c1. The number of nitrogens with one attached hydrogen (secondary N) is 2. The van der Waals surface area contributed by atoms with Gasteiger partial charge in [-0.2, -0.15) is 0 Å². The molecule has 0 spiro atoms. The van der Waals surface area contributed by atoms with E-state index in [9.17, 15) is 22.0 Å². The van der Waals surface area contributed by atoms with Crippen LogP contribution in [0.1, 0.15) is 10.4 Å². The summed E-state index contributed by atoms with van der Waals surface area (Å²) in [5.41, 5.74) is -0.172. The van der Waals surface area contributed by atoms with Gasteiger partial charge < -0.3 is 5.32 Å². The van der Waals surface area contributed by atoms with E-state index in [0.717, 1.165) is 29.2 Å². The predicted octanol–water partition coefficient (Wildman–Crippen LogP) is 4.74. The van der Waals surface area contributed by atoms with E-state index >= 15 is 0 Å². The molecule has 0 aromatic heterocycles. The molecule has 0 fully saturated rings. The molecule has 0 unspecified atom stereocenters. The van der Waals surface area contributed by atoms with Gasteiger partial charge in [0.1, 0.15) is 11.6 Å². The minimum Gasteiger partial charge on any atom is -0.319 e. The van der Waals surface area contributed by atoms with Gasteiger partial charge in [0.25, 0.3) is 15.9 Å². The van der Waals surface area contributed by atoms with Crippen LogP contribution in [-0.2, 0) is 10.0 Å². The largest absolute Gasteiger partial charge is 0.319 e. The van der Waals surface area contributed by atoms with Crippen LogP contribution in [0.4, 0.5) is 20.2 Å². The van der Waals surface area contributed by atoms with Crippen molar-refractivity contribution in [2.75, 3.05) is 16.3 Å². The van der Waals surface area contributed by atoms with Gasteiger partial charge in [-0.05, 0) is 54.8 Å². The lowest BCUT2D eigenvalue weighted by atomic mass is 10.2. The van der Waals surface area contributed by atoms with Gasteiger partial charge in [-0.1, -0.05) is 18.2 Å². The van der Waals surface area contributed by atoms with Crippen molar-refractivity contribution in [2.24, 2.45) is 0 Å². The van der Waals surface area contributed by atoms with E-state index in [1.807, 2.05) is 12.3 Å². The number of thioether (sulfide) groups is 1. The summed E-state index contributed by atoms with van der Waals surface area (Å²) in [4.78, 5) is 12.7. The topological polar surface area (TPSA) is 75.3 Å². The third-order valence-electron chi connectivity index (χ3n) is 3.94. The molecule has 2 N–H and O–H groups in total. The van der Waals surface area contributed by atoms with E-state index in [0.29, 0.717) is 5.69 Å². The Kier molecular flexibility index (Phi) is 6.19. The molecule has 29 heavy (non-hydrogen) atoms. The molecule has 1 amide bonds. The van der Waals surface area contributed by atoms with E-state index < -0.39 is 27.6 Å². The zero-order valence-corrected chi connectivity index (χ0v) is 16.8. The molecule has 0 aliphatic heterocycles. The third-order valence-corrected chi connectivity index (χ3v) is 6.04. The maximum absolute atomic E-state index is 14.4. The standard InChI is InChI=1S/C20H16F2N2O3S2/c1-28-14-6-4-5-13(11-14)24-29(26,27)15-9-10-19(18(22)12-15)23-20(25)16-7-2-3-8-17(16)21/h2-12,24H,1H3,(H,23,25). The van der Waals surface area contributed by atoms with Crippen molar-refractivity contribution in [2.45, 2.75) is 9.79 Å². The minimum absolute atomic E-state index is 0.251. The molecule has 150 valence electrons. The normalized spacial score (nSPS) is 11.1. The Morgan fingerprint density at radius 3 is 2.38 bits per heavy atom.